The van der Waals surface area contributed by atoms with Crippen molar-refractivity contribution in [1.29, 1.82) is 0 Å². The average molecular weight is 428 g/mol. The number of aromatic nitrogens is 2. The minimum Gasteiger partial charge on any atom is -0.324 e. The monoisotopic (exact) mass is 427 g/mol. The molecule has 1 aromatic carbocycles. The van der Waals surface area contributed by atoms with Crippen molar-refractivity contribution < 1.29 is 13.2 Å². The van der Waals surface area contributed by atoms with Gasteiger partial charge in [-0.15, -0.1) is 11.3 Å². The first-order valence-corrected chi connectivity index (χ1v) is 9.23. The van der Waals surface area contributed by atoms with Crippen LogP contribution in [0.2, 0.25) is 0 Å². The lowest BCUT2D eigenvalue weighted by Gasteiger charge is -2.10. The van der Waals surface area contributed by atoms with Gasteiger partial charge in [-0.1, -0.05) is 22.0 Å². The molecule has 130 valence electrons. The highest BCUT2D eigenvalue weighted by atomic mass is 79.9. The number of thiophene rings is 1. The van der Waals surface area contributed by atoms with Gasteiger partial charge in [0, 0.05) is 27.0 Å². The maximum absolute atomic E-state index is 12.8. The van der Waals surface area contributed by atoms with Crippen molar-refractivity contribution in [2.75, 3.05) is 5.32 Å². The van der Waals surface area contributed by atoms with Gasteiger partial charge in [0.2, 0.25) is 5.95 Å². The molecule has 2 heterocycles. The summed E-state index contributed by atoms with van der Waals surface area (Å²) in [5.41, 5.74) is 1.65. The van der Waals surface area contributed by atoms with Crippen molar-refractivity contribution in [2.24, 2.45) is 0 Å². The van der Waals surface area contributed by atoms with Crippen LogP contribution >= 0.6 is 27.3 Å². The van der Waals surface area contributed by atoms with Crippen LogP contribution in [0, 0.1) is 6.92 Å². The summed E-state index contributed by atoms with van der Waals surface area (Å²) in [6, 6.07) is 10.7. The number of benzene rings is 1. The summed E-state index contributed by atoms with van der Waals surface area (Å²) < 4.78 is 38.3. The third-order valence-electron chi connectivity index (χ3n) is 3.36. The van der Waals surface area contributed by atoms with E-state index in [1.165, 1.54) is 4.88 Å². The highest BCUT2D eigenvalue weighted by Gasteiger charge is 2.32. The van der Waals surface area contributed by atoms with E-state index in [1.807, 2.05) is 37.3 Å². The Labute approximate surface area is 155 Å². The molecular formula is C17H13BrF3N3S. The van der Waals surface area contributed by atoms with Crippen LogP contribution in [0.1, 0.15) is 16.1 Å². The summed E-state index contributed by atoms with van der Waals surface area (Å²) in [4.78, 5) is 9.70. The van der Waals surface area contributed by atoms with Gasteiger partial charge in [0.15, 0.2) is 0 Å². The number of nitrogens with zero attached hydrogens (tertiary/aromatic N) is 2. The predicted molar refractivity (Wildman–Crippen MR) is 97.4 cm³/mol. The largest absolute Gasteiger partial charge is 0.433 e. The molecule has 25 heavy (non-hydrogen) atoms. The highest BCUT2D eigenvalue weighted by Crippen LogP contribution is 2.33. The molecule has 0 atom stereocenters. The van der Waals surface area contributed by atoms with Crippen LogP contribution in [-0.4, -0.2) is 9.97 Å². The summed E-state index contributed by atoms with van der Waals surface area (Å²) in [6.07, 6.45) is -3.41. The number of hydrogen-bond donors (Lipinski definition) is 1. The van der Waals surface area contributed by atoms with Gasteiger partial charge in [0.1, 0.15) is 5.69 Å². The molecule has 3 aromatic rings. The van der Waals surface area contributed by atoms with E-state index in [2.05, 4.69) is 31.2 Å². The fourth-order valence-corrected chi connectivity index (χ4v) is 3.68. The van der Waals surface area contributed by atoms with Crippen molar-refractivity contribution >= 4 is 38.9 Å². The number of halogens is 4. The lowest BCUT2D eigenvalue weighted by Crippen LogP contribution is -2.10. The lowest BCUT2D eigenvalue weighted by atomic mass is 10.1. The number of nitrogens with one attached hydrogen (secondary N) is 1. The van der Waals surface area contributed by atoms with Gasteiger partial charge in [-0.3, -0.25) is 0 Å². The standard InChI is InChI=1S/C17H13BrF3N3S/c1-10-6-11(14-3-2-13(9-18)25-14)8-12(7-10)23-16-22-5-4-15(24-16)17(19,20)21/h2-8H,9H2,1H3,(H,22,23,24). The average Bonchev–Trinajstić information content (AvgIpc) is 3.03. The second kappa shape index (κ2) is 7.13. The number of alkyl halides is 4. The van der Waals surface area contributed by atoms with Crippen molar-refractivity contribution in [3.8, 4) is 10.4 Å². The number of hydrogen-bond acceptors (Lipinski definition) is 4. The van der Waals surface area contributed by atoms with Crippen LogP contribution in [0.4, 0.5) is 24.8 Å². The van der Waals surface area contributed by atoms with E-state index >= 15 is 0 Å². The van der Waals surface area contributed by atoms with Crippen LogP contribution in [0.15, 0.2) is 42.6 Å². The molecule has 0 aliphatic heterocycles. The second-order valence-corrected chi connectivity index (χ2v) is 7.10. The Hall–Kier alpha value is -1.93. The summed E-state index contributed by atoms with van der Waals surface area (Å²) in [5.74, 6) is -0.0845. The van der Waals surface area contributed by atoms with Gasteiger partial charge in [-0.05, 0) is 48.4 Å². The summed E-state index contributed by atoms with van der Waals surface area (Å²) in [7, 11) is 0. The molecule has 2 aromatic heterocycles. The summed E-state index contributed by atoms with van der Waals surface area (Å²) in [6.45, 7) is 1.93. The van der Waals surface area contributed by atoms with E-state index < -0.39 is 11.9 Å². The highest BCUT2D eigenvalue weighted by molar-refractivity contribution is 9.08. The van der Waals surface area contributed by atoms with E-state index in [4.69, 9.17) is 0 Å². The molecular weight excluding hydrogens is 415 g/mol. The summed E-state index contributed by atoms with van der Waals surface area (Å²) in [5, 5.41) is 3.65. The zero-order chi connectivity index (χ0) is 18.0. The topological polar surface area (TPSA) is 37.8 Å². The molecule has 0 radical (unpaired) electrons. The molecule has 8 heteroatoms. The zero-order valence-electron chi connectivity index (χ0n) is 13.1. The molecule has 0 unspecified atom stereocenters. The number of aryl methyl sites for hydroxylation is 1. The van der Waals surface area contributed by atoms with Crippen molar-refractivity contribution in [1.82, 2.24) is 9.97 Å². The van der Waals surface area contributed by atoms with Crippen LogP contribution in [0.5, 0.6) is 0 Å². The van der Waals surface area contributed by atoms with Gasteiger partial charge in [-0.2, -0.15) is 13.2 Å². The molecule has 0 fully saturated rings. The van der Waals surface area contributed by atoms with E-state index in [1.54, 1.807) is 11.3 Å². The molecule has 1 N–H and O–H groups in total. The van der Waals surface area contributed by atoms with Crippen LogP contribution < -0.4 is 5.32 Å². The Kier molecular flexibility index (Phi) is 5.10. The first-order chi connectivity index (χ1) is 11.8. The summed E-state index contributed by atoms with van der Waals surface area (Å²) >= 11 is 5.09. The van der Waals surface area contributed by atoms with Gasteiger partial charge < -0.3 is 5.32 Å². The van der Waals surface area contributed by atoms with Crippen molar-refractivity contribution in [3.63, 3.8) is 0 Å². The quantitative estimate of drug-likeness (QED) is 0.505. The SMILES string of the molecule is Cc1cc(Nc2nccc(C(F)(F)F)n2)cc(-c2ccc(CBr)s2)c1. The molecule has 0 saturated carbocycles. The van der Waals surface area contributed by atoms with Gasteiger partial charge >= 0.3 is 6.18 Å². The maximum Gasteiger partial charge on any atom is 0.433 e. The Morgan fingerprint density at radius 1 is 1.16 bits per heavy atom. The smallest absolute Gasteiger partial charge is 0.324 e. The zero-order valence-corrected chi connectivity index (χ0v) is 15.5. The fraction of sp³-hybridized carbons (Fsp3) is 0.176. The normalized spacial score (nSPS) is 11.6. The Morgan fingerprint density at radius 2 is 1.96 bits per heavy atom. The molecule has 3 nitrogen and oxygen atoms in total. The first-order valence-electron chi connectivity index (χ1n) is 7.29. The molecule has 0 saturated heterocycles. The minimum atomic E-state index is -4.50. The van der Waals surface area contributed by atoms with Crippen LogP contribution in [0.25, 0.3) is 10.4 Å². The molecule has 0 amide bonds. The molecule has 3 rings (SSSR count). The van der Waals surface area contributed by atoms with Gasteiger partial charge in [0.25, 0.3) is 0 Å². The number of rotatable bonds is 4. The molecule has 0 spiro atoms. The van der Waals surface area contributed by atoms with E-state index in [0.717, 1.165) is 33.6 Å². The van der Waals surface area contributed by atoms with Crippen LogP contribution in [0.3, 0.4) is 0 Å². The first kappa shape index (κ1) is 17.9. The van der Waals surface area contributed by atoms with Crippen LogP contribution in [-0.2, 0) is 11.5 Å². The lowest BCUT2D eigenvalue weighted by molar-refractivity contribution is -0.141. The molecule has 0 aliphatic carbocycles. The fourth-order valence-electron chi connectivity index (χ4n) is 2.31. The third-order valence-corrected chi connectivity index (χ3v) is 5.47. The maximum atomic E-state index is 12.8. The number of anilines is 2. The minimum absolute atomic E-state index is 0.0845. The van der Waals surface area contributed by atoms with E-state index in [9.17, 15) is 13.2 Å². The van der Waals surface area contributed by atoms with Crippen molar-refractivity contribution in [2.45, 2.75) is 18.4 Å². The van der Waals surface area contributed by atoms with Gasteiger partial charge in [-0.25, -0.2) is 9.97 Å². The molecule has 0 aliphatic rings. The third kappa shape index (κ3) is 4.38. The Balaban J connectivity index is 1.91. The second-order valence-electron chi connectivity index (χ2n) is 5.38. The molecule has 0 bridgehead atoms. The van der Waals surface area contributed by atoms with Gasteiger partial charge in [0.05, 0.1) is 0 Å². The Morgan fingerprint density at radius 3 is 2.64 bits per heavy atom. The van der Waals surface area contributed by atoms with E-state index in [0.29, 0.717) is 5.69 Å². The van der Waals surface area contributed by atoms with Crippen molar-refractivity contribution in [3.05, 3.63) is 58.7 Å². The Bertz CT molecular complexity index is 893. The predicted octanol–water partition coefficient (Wildman–Crippen LogP) is 6.17. The van der Waals surface area contributed by atoms with E-state index in [-0.39, 0.29) is 5.95 Å².